The molecule has 0 unspecified atom stereocenters. The molecule has 0 saturated heterocycles. The van der Waals surface area contributed by atoms with Gasteiger partial charge in [0.2, 0.25) is 0 Å². The smallest absolute Gasteiger partial charge is 0.119 e. The zero-order valence-electron chi connectivity index (χ0n) is 14.5. The highest BCUT2D eigenvalue weighted by Gasteiger charge is 1.97. The van der Waals surface area contributed by atoms with Crippen LogP contribution in [-0.4, -0.2) is 13.2 Å². The Morgan fingerprint density at radius 2 is 1.32 bits per heavy atom. The summed E-state index contributed by atoms with van der Waals surface area (Å²) in [5, 5.41) is 0. The first-order chi connectivity index (χ1) is 10.9. The maximum absolute atomic E-state index is 5.49. The number of aryl methyl sites for hydroxylation is 1. The maximum Gasteiger partial charge on any atom is 0.119 e. The third kappa shape index (κ3) is 9.83. The fraction of sp³-hybridized carbons (Fsp3) is 0.700. The Bertz CT molecular complexity index is 347. The van der Waals surface area contributed by atoms with Crippen molar-refractivity contribution < 1.29 is 4.74 Å². The first-order valence-electron chi connectivity index (χ1n) is 9.28. The monoisotopic (exact) mass is 305 g/mol. The average Bonchev–Trinajstić information content (AvgIpc) is 2.56. The number of unbranched alkanes of at least 4 members (excludes halogenated alkanes) is 9. The second kappa shape index (κ2) is 13.6. The van der Waals surface area contributed by atoms with Crippen molar-refractivity contribution in [3.63, 3.8) is 0 Å². The van der Waals surface area contributed by atoms with E-state index in [1.165, 1.54) is 76.2 Å². The van der Waals surface area contributed by atoms with E-state index in [1.807, 2.05) is 0 Å². The highest BCUT2D eigenvalue weighted by Crippen LogP contribution is 2.15. The van der Waals surface area contributed by atoms with Crippen molar-refractivity contribution in [1.82, 2.24) is 0 Å². The van der Waals surface area contributed by atoms with Gasteiger partial charge < -0.3 is 10.5 Å². The topological polar surface area (TPSA) is 35.2 Å². The lowest BCUT2D eigenvalue weighted by Crippen LogP contribution is -2.10. The molecule has 22 heavy (non-hydrogen) atoms. The average molecular weight is 306 g/mol. The molecule has 1 aromatic carbocycles. The van der Waals surface area contributed by atoms with Gasteiger partial charge in [-0.1, -0.05) is 76.8 Å². The van der Waals surface area contributed by atoms with Gasteiger partial charge in [0, 0.05) is 6.54 Å². The van der Waals surface area contributed by atoms with Crippen molar-refractivity contribution in [2.45, 2.75) is 77.6 Å². The van der Waals surface area contributed by atoms with Gasteiger partial charge in [-0.3, -0.25) is 0 Å². The summed E-state index contributed by atoms with van der Waals surface area (Å²) in [4.78, 5) is 0. The van der Waals surface area contributed by atoms with Crippen molar-refractivity contribution in [1.29, 1.82) is 0 Å². The summed E-state index contributed by atoms with van der Waals surface area (Å²) >= 11 is 0. The summed E-state index contributed by atoms with van der Waals surface area (Å²) in [6.45, 7) is 3.44. The maximum atomic E-state index is 5.49. The standard InChI is InChI=1S/C20H35NO/c1-2-3-4-5-6-7-8-9-10-11-12-19-13-15-20(16-14-19)22-18-17-21/h13-16H,2-12,17-18,21H2,1H3. The molecule has 0 aliphatic rings. The van der Waals surface area contributed by atoms with E-state index in [-0.39, 0.29) is 0 Å². The molecular weight excluding hydrogens is 270 g/mol. The van der Waals surface area contributed by atoms with E-state index in [0.717, 1.165) is 5.75 Å². The zero-order chi connectivity index (χ0) is 15.9. The first kappa shape index (κ1) is 19.0. The van der Waals surface area contributed by atoms with Gasteiger partial charge in [0.1, 0.15) is 12.4 Å². The van der Waals surface area contributed by atoms with E-state index in [0.29, 0.717) is 13.2 Å². The number of hydrogen-bond donors (Lipinski definition) is 1. The Morgan fingerprint density at radius 1 is 0.773 bits per heavy atom. The van der Waals surface area contributed by atoms with Crippen LogP contribution in [0.4, 0.5) is 0 Å². The van der Waals surface area contributed by atoms with E-state index < -0.39 is 0 Å². The lowest BCUT2D eigenvalue weighted by atomic mass is 10.0. The van der Waals surface area contributed by atoms with Crippen molar-refractivity contribution in [2.24, 2.45) is 5.73 Å². The van der Waals surface area contributed by atoms with E-state index >= 15 is 0 Å². The van der Waals surface area contributed by atoms with Crippen molar-refractivity contribution in [2.75, 3.05) is 13.2 Å². The molecule has 0 radical (unpaired) electrons. The molecular formula is C20H35NO. The first-order valence-corrected chi connectivity index (χ1v) is 9.28. The van der Waals surface area contributed by atoms with Crippen LogP contribution in [0.25, 0.3) is 0 Å². The Hall–Kier alpha value is -1.02. The lowest BCUT2D eigenvalue weighted by Gasteiger charge is -2.06. The molecule has 2 heteroatoms. The van der Waals surface area contributed by atoms with E-state index in [4.69, 9.17) is 10.5 Å². The highest BCUT2D eigenvalue weighted by molar-refractivity contribution is 5.27. The normalized spacial score (nSPS) is 10.8. The molecule has 0 fully saturated rings. The molecule has 0 spiro atoms. The fourth-order valence-corrected chi connectivity index (χ4v) is 2.75. The Kier molecular flexibility index (Phi) is 11.8. The van der Waals surface area contributed by atoms with Gasteiger partial charge in [0.25, 0.3) is 0 Å². The minimum Gasteiger partial charge on any atom is -0.492 e. The summed E-state index contributed by atoms with van der Waals surface area (Å²) in [5.41, 5.74) is 6.84. The molecule has 126 valence electrons. The summed E-state index contributed by atoms with van der Waals surface area (Å²) in [6, 6.07) is 8.47. The molecule has 0 saturated carbocycles. The second-order valence-electron chi connectivity index (χ2n) is 6.21. The van der Waals surface area contributed by atoms with Crippen LogP contribution in [0.2, 0.25) is 0 Å². The van der Waals surface area contributed by atoms with Gasteiger partial charge in [-0.2, -0.15) is 0 Å². The lowest BCUT2D eigenvalue weighted by molar-refractivity contribution is 0.328. The minimum absolute atomic E-state index is 0.570. The zero-order valence-corrected chi connectivity index (χ0v) is 14.5. The predicted molar refractivity (Wildman–Crippen MR) is 96.5 cm³/mol. The molecule has 0 aromatic heterocycles. The molecule has 0 aliphatic heterocycles. The summed E-state index contributed by atoms with van der Waals surface area (Å²) in [5.74, 6) is 0.928. The van der Waals surface area contributed by atoms with Gasteiger partial charge in [-0.25, -0.2) is 0 Å². The van der Waals surface area contributed by atoms with Crippen LogP contribution in [0.5, 0.6) is 5.75 Å². The Labute approximate surface area is 137 Å². The van der Waals surface area contributed by atoms with Crippen LogP contribution in [-0.2, 0) is 6.42 Å². The summed E-state index contributed by atoms with van der Waals surface area (Å²) in [7, 11) is 0. The van der Waals surface area contributed by atoms with Gasteiger partial charge in [-0.15, -0.1) is 0 Å². The fourth-order valence-electron chi connectivity index (χ4n) is 2.75. The van der Waals surface area contributed by atoms with Gasteiger partial charge >= 0.3 is 0 Å². The predicted octanol–water partition coefficient (Wildman–Crippen LogP) is 5.49. The van der Waals surface area contributed by atoms with E-state index in [9.17, 15) is 0 Å². The van der Waals surface area contributed by atoms with Gasteiger partial charge in [0.15, 0.2) is 0 Å². The van der Waals surface area contributed by atoms with Gasteiger partial charge in [0.05, 0.1) is 0 Å². The van der Waals surface area contributed by atoms with Crippen LogP contribution in [0.3, 0.4) is 0 Å². The molecule has 1 rings (SSSR count). The van der Waals surface area contributed by atoms with Crippen LogP contribution >= 0.6 is 0 Å². The van der Waals surface area contributed by atoms with Crippen molar-refractivity contribution >= 4 is 0 Å². The number of rotatable bonds is 14. The Balaban J connectivity index is 1.96. The van der Waals surface area contributed by atoms with Crippen molar-refractivity contribution in [3.05, 3.63) is 29.8 Å². The molecule has 0 amide bonds. The summed E-state index contributed by atoms with van der Waals surface area (Å²) < 4.78 is 5.49. The number of hydrogen-bond acceptors (Lipinski definition) is 2. The molecule has 1 aromatic rings. The molecule has 0 aliphatic carbocycles. The van der Waals surface area contributed by atoms with E-state index in [1.54, 1.807) is 0 Å². The number of nitrogens with two attached hydrogens (primary N) is 1. The minimum atomic E-state index is 0.570. The third-order valence-electron chi connectivity index (χ3n) is 4.13. The molecule has 0 atom stereocenters. The van der Waals surface area contributed by atoms with Crippen LogP contribution < -0.4 is 10.5 Å². The Morgan fingerprint density at radius 3 is 1.86 bits per heavy atom. The van der Waals surface area contributed by atoms with Crippen LogP contribution in [0.15, 0.2) is 24.3 Å². The van der Waals surface area contributed by atoms with E-state index in [2.05, 4.69) is 31.2 Å². The van der Waals surface area contributed by atoms with Crippen LogP contribution in [0, 0.1) is 0 Å². The van der Waals surface area contributed by atoms with Crippen molar-refractivity contribution in [3.8, 4) is 5.75 Å². The van der Waals surface area contributed by atoms with Crippen LogP contribution in [0.1, 0.15) is 76.7 Å². The third-order valence-corrected chi connectivity index (χ3v) is 4.13. The molecule has 0 heterocycles. The number of benzene rings is 1. The SMILES string of the molecule is CCCCCCCCCCCCc1ccc(OCCN)cc1. The summed E-state index contributed by atoms with van der Waals surface area (Å²) in [6.07, 6.45) is 15.2. The largest absolute Gasteiger partial charge is 0.492 e. The van der Waals surface area contributed by atoms with Gasteiger partial charge in [-0.05, 0) is 30.5 Å². The number of ether oxygens (including phenoxy) is 1. The quantitative estimate of drug-likeness (QED) is 0.461. The molecule has 2 nitrogen and oxygen atoms in total. The highest BCUT2D eigenvalue weighted by atomic mass is 16.5. The molecule has 2 N–H and O–H groups in total. The second-order valence-corrected chi connectivity index (χ2v) is 6.21. The molecule has 0 bridgehead atoms.